The Hall–Kier alpha value is -4.46. The van der Waals surface area contributed by atoms with Crippen LogP contribution < -0.4 is 14.4 Å². The number of fused-ring (bicyclic) bond motifs is 4. The zero-order chi connectivity index (χ0) is 25.0. The summed E-state index contributed by atoms with van der Waals surface area (Å²) in [6, 6.07) is 16.7. The number of carbonyl (C=O) groups is 3. The highest BCUT2D eigenvalue weighted by atomic mass is 16.5. The average Bonchev–Trinajstić information content (AvgIpc) is 3.39. The van der Waals surface area contributed by atoms with Crippen LogP contribution in [-0.2, 0) is 9.59 Å². The highest BCUT2D eigenvalue weighted by Gasteiger charge is 2.64. The van der Waals surface area contributed by atoms with Gasteiger partial charge in [0.05, 0.1) is 37.8 Å². The molecule has 3 heterocycles. The third-order valence-corrected chi connectivity index (χ3v) is 7.22. The first-order valence-electron chi connectivity index (χ1n) is 11.7. The lowest BCUT2D eigenvalue weighted by Crippen LogP contribution is -2.46. The van der Waals surface area contributed by atoms with Gasteiger partial charge in [0.25, 0.3) is 0 Å². The minimum Gasteiger partial charge on any atom is -0.493 e. The number of Topliss-reactive ketones (excluding diaryl/α,β-unsaturated/α-hetero) is 1. The fourth-order valence-electron chi connectivity index (χ4n) is 5.57. The molecule has 3 aromatic carbocycles. The van der Waals surface area contributed by atoms with Crippen molar-refractivity contribution < 1.29 is 23.9 Å². The summed E-state index contributed by atoms with van der Waals surface area (Å²) in [5, 5.41) is 7.94. The lowest BCUT2D eigenvalue weighted by Gasteiger charge is -2.30. The topological polar surface area (TPSA) is 88.5 Å². The van der Waals surface area contributed by atoms with Crippen LogP contribution in [0, 0.1) is 11.8 Å². The number of allylic oxidation sites excluding steroid dienone is 1. The molecule has 0 unspecified atom stereocenters. The van der Waals surface area contributed by atoms with Gasteiger partial charge in [0.2, 0.25) is 11.8 Å². The van der Waals surface area contributed by atoms with Crippen molar-refractivity contribution in [3.63, 3.8) is 0 Å². The van der Waals surface area contributed by atoms with Crippen LogP contribution in [0.4, 0.5) is 5.69 Å². The van der Waals surface area contributed by atoms with Crippen molar-refractivity contribution in [2.45, 2.75) is 12.1 Å². The lowest BCUT2D eigenvalue weighted by molar-refractivity contribution is -0.123. The quantitative estimate of drug-likeness (QED) is 0.410. The summed E-state index contributed by atoms with van der Waals surface area (Å²) >= 11 is 0. The molecule has 0 spiro atoms. The maximum atomic E-state index is 13.9. The summed E-state index contributed by atoms with van der Waals surface area (Å²) in [7, 11) is 3.01. The van der Waals surface area contributed by atoms with E-state index in [9.17, 15) is 14.4 Å². The Balaban J connectivity index is 1.42. The van der Waals surface area contributed by atoms with E-state index < -0.39 is 29.8 Å². The van der Waals surface area contributed by atoms with E-state index >= 15 is 0 Å². The Bertz CT molecular complexity index is 1480. The lowest BCUT2D eigenvalue weighted by atomic mass is 9.86. The highest BCUT2D eigenvalue weighted by molar-refractivity contribution is 6.25. The largest absolute Gasteiger partial charge is 0.493 e. The minimum absolute atomic E-state index is 0.303. The summed E-state index contributed by atoms with van der Waals surface area (Å²) < 4.78 is 10.7. The number of anilines is 1. The number of methoxy groups -OCH3 is 2. The van der Waals surface area contributed by atoms with Gasteiger partial charge >= 0.3 is 0 Å². The number of carbonyl (C=O) groups excluding carboxylic acids is 3. The number of hydrogen-bond acceptors (Lipinski definition) is 7. The van der Waals surface area contributed by atoms with Gasteiger partial charge in [0, 0.05) is 11.8 Å². The van der Waals surface area contributed by atoms with Gasteiger partial charge in [0.15, 0.2) is 17.3 Å². The molecule has 0 saturated carbocycles. The predicted molar refractivity (Wildman–Crippen MR) is 134 cm³/mol. The summed E-state index contributed by atoms with van der Waals surface area (Å²) in [6.45, 7) is 0. The summed E-state index contributed by atoms with van der Waals surface area (Å²) in [4.78, 5) is 42.7. The molecule has 2 saturated heterocycles. The molecular weight excluding hydrogens is 458 g/mol. The van der Waals surface area contributed by atoms with Crippen LogP contribution in [0.2, 0.25) is 0 Å². The third-order valence-electron chi connectivity index (χ3n) is 7.22. The molecule has 0 aromatic heterocycles. The summed E-state index contributed by atoms with van der Waals surface area (Å²) in [6.07, 6.45) is 5.15. The van der Waals surface area contributed by atoms with E-state index in [0.717, 1.165) is 10.8 Å². The number of hydrogen-bond donors (Lipinski definition) is 0. The highest BCUT2D eigenvalue weighted by Crippen LogP contribution is 2.46. The number of imide groups is 1. The first-order valence-corrected chi connectivity index (χ1v) is 11.7. The average molecular weight is 482 g/mol. The van der Waals surface area contributed by atoms with Crippen LogP contribution in [0.1, 0.15) is 10.4 Å². The molecule has 8 nitrogen and oxygen atoms in total. The van der Waals surface area contributed by atoms with Gasteiger partial charge in [-0.1, -0.05) is 36.4 Å². The Morgan fingerprint density at radius 3 is 2.39 bits per heavy atom. The molecule has 0 aliphatic carbocycles. The van der Waals surface area contributed by atoms with E-state index in [1.807, 2.05) is 42.5 Å². The van der Waals surface area contributed by atoms with E-state index in [0.29, 0.717) is 22.7 Å². The zero-order valence-corrected chi connectivity index (χ0v) is 19.7. The maximum Gasteiger partial charge on any atom is 0.240 e. The zero-order valence-electron chi connectivity index (χ0n) is 19.7. The molecule has 2 amide bonds. The molecule has 6 rings (SSSR count). The Kier molecular flexibility index (Phi) is 5.10. The number of nitrogens with zero attached hydrogens (tertiary/aromatic N) is 3. The van der Waals surface area contributed by atoms with Gasteiger partial charge in [0.1, 0.15) is 6.04 Å². The molecule has 3 aliphatic heterocycles. The van der Waals surface area contributed by atoms with Crippen molar-refractivity contribution in [1.29, 1.82) is 0 Å². The molecule has 36 heavy (non-hydrogen) atoms. The first kappa shape index (κ1) is 22.0. The molecule has 8 heteroatoms. The number of benzene rings is 3. The second-order valence-corrected chi connectivity index (χ2v) is 8.99. The molecule has 0 bridgehead atoms. The van der Waals surface area contributed by atoms with Crippen molar-refractivity contribution in [2.24, 2.45) is 16.9 Å². The Morgan fingerprint density at radius 1 is 0.861 bits per heavy atom. The normalized spacial score (nSPS) is 24.3. The van der Waals surface area contributed by atoms with Crippen molar-refractivity contribution >= 4 is 40.3 Å². The molecular formula is C28H23N3O5. The Morgan fingerprint density at radius 2 is 1.61 bits per heavy atom. The van der Waals surface area contributed by atoms with Gasteiger partial charge in [-0.05, 0) is 47.2 Å². The fraction of sp³-hybridized carbons (Fsp3) is 0.214. The van der Waals surface area contributed by atoms with Gasteiger partial charge < -0.3 is 9.47 Å². The standard InChI is InChI=1S/C28H23N3O5/c1-35-21-12-10-18(15-22(21)36-2)26(32)25-24-23(20-8-5-13-29-31(20)25)27(33)30(28(24)34)19-11-9-16-6-3-4-7-17(16)14-19/h3-15,20,23-25H,1-2H3/t20-,23-,24+,25+/m1/s1. The molecule has 3 aromatic rings. The fourth-order valence-corrected chi connectivity index (χ4v) is 5.57. The predicted octanol–water partition coefficient (Wildman–Crippen LogP) is 3.45. The first-order chi connectivity index (χ1) is 17.5. The van der Waals surface area contributed by atoms with Gasteiger partial charge in [-0.2, -0.15) is 5.10 Å². The number of rotatable bonds is 5. The molecule has 3 aliphatic rings. The number of amides is 2. The van der Waals surface area contributed by atoms with E-state index in [-0.39, 0.29) is 11.7 Å². The van der Waals surface area contributed by atoms with E-state index in [1.165, 1.54) is 19.1 Å². The summed E-state index contributed by atoms with van der Waals surface area (Å²) in [5.41, 5.74) is 0.858. The Labute approximate surface area is 207 Å². The van der Waals surface area contributed by atoms with E-state index in [2.05, 4.69) is 5.10 Å². The van der Waals surface area contributed by atoms with Crippen LogP contribution in [0.25, 0.3) is 10.8 Å². The van der Waals surface area contributed by atoms with Crippen molar-refractivity contribution in [3.8, 4) is 11.5 Å². The molecule has 0 radical (unpaired) electrons. The third kappa shape index (κ3) is 3.14. The minimum atomic E-state index is -0.929. The second kappa shape index (κ2) is 8.34. The van der Waals surface area contributed by atoms with Gasteiger partial charge in [-0.15, -0.1) is 0 Å². The monoisotopic (exact) mass is 481 g/mol. The van der Waals surface area contributed by atoms with E-state index in [1.54, 1.807) is 41.6 Å². The molecule has 4 atom stereocenters. The van der Waals surface area contributed by atoms with E-state index in [4.69, 9.17) is 9.47 Å². The smallest absolute Gasteiger partial charge is 0.240 e. The van der Waals surface area contributed by atoms with Gasteiger partial charge in [-0.3, -0.25) is 19.4 Å². The number of ether oxygens (including phenoxy) is 2. The van der Waals surface area contributed by atoms with Crippen LogP contribution >= 0.6 is 0 Å². The van der Waals surface area contributed by atoms with Crippen LogP contribution in [0.15, 0.2) is 77.9 Å². The maximum absolute atomic E-state index is 13.9. The van der Waals surface area contributed by atoms with Crippen LogP contribution in [0.5, 0.6) is 11.5 Å². The van der Waals surface area contributed by atoms with Crippen molar-refractivity contribution in [2.75, 3.05) is 19.1 Å². The molecule has 2 fully saturated rings. The van der Waals surface area contributed by atoms with Gasteiger partial charge in [-0.25, -0.2) is 4.90 Å². The summed E-state index contributed by atoms with van der Waals surface area (Å²) in [5.74, 6) is -1.70. The van der Waals surface area contributed by atoms with Crippen LogP contribution in [-0.4, -0.2) is 55.1 Å². The molecule has 180 valence electrons. The van der Waals surface area contributed by atoms with Crippen molar-refractivity contribution in [1.82, 2.24) is 5.01 Å². The molecule has 0 N–H and O–H groups in total. The van der Waals surface area contributed by atoms with Crippen LogP contribution in [0.3, 0.4) is 0 Å². The number of hydrazone groups is 1. The SMILES string of the molecule is COc1ccc(C(=O)[C@@H]2[C@H]3C(=O)N(c4ccc5ccccc5c4)C(=O)[C@@H]3[C@H]3C=CC=NN32)cc1OC. The second-order valence-electron chi connectivity index (χ2n) is 8.99. The van der Waals surface area contributed by atoms with Crippen molar-refractivity contribution in [3.05, 3.63) is 78.4 Å². The number of ketones is 1.